The number of carboxylic acid groups (broad SMARTS) is 1. The van der Waals surface area contributed by atoms with Crippen molar-refractivity contribution in [2.24, 2.45) is 0 Å². The van der Waals surface area contributed by atoms with Crippen molar-refractivity contribution in [2.75, 3.05) is 7.11 Å². The number of benzene rings is 1. The zero-order chi connectivity index (χ0) is 13.9. The second-order valence-corrected chi connectivity index (χ2v) is 4.63. The van der Waals surface area contributed by atoms with E-state index in [2.05, 4.69) is 0 Å². The Labute approximate surface area is 107 Å². The summed E-state index contributed by atoms with van der Waals surface area (Å²) < 4.78 is 5.15. The van der Waals surface area contributed by atoms with Crippen molar-refractivity contribution < 1.29 is 19.7 Å². The van der Waals surface area contributed by atoms with Crippen LogP contribution in [0.1, 0.15) is 44.2 Å². The predicted molar refractivity (Wildman–Crippen MR) is 68.9 cm³/mol. The Kier molecular flexibility index (Phi) is 4.35. The lowest BCUT2D eigenvalue weighted by Gasteiger charge is -2.25. The second-order valence-electron chi connectivity index (χ2n) is 4.63. The number of aliphatic carboxylic acids is 1. The standard InChI is InChI=1S/C14H20O4/c1-5-14(17,13(15)16)11-8-10(9(2)3)6-7-12(11)18-4/h6-9,17H,5H2,1-4H3,(H,15,16). The maximum absolute atomic E-state index is 11.3. The molecule has 0 saturated carbocycles. The highest BCUT2D eigenvalue weighted by atomic mass is 16.5. The summed E-state index contributed by atoms with van der Waals surface area (Å²) in [5, 5.41) is 19.5. The highest BCUT2D eigenvalue weighted by molar-refractivity contribution is 5.80. The molecule has 4 heteroatoms. The first-order valence-corrected chi connectivity index (χ1v) is 6.01. The van der Waals surface area contributed by atoms with Crippen LogP contribution in [0.25, 0.3) is 0 Å². The molecule has 0 fully saturated rings. The number of rotatable bonds is 5. The fraction of sp³-hybridized carbons (Fsp3) is 0.500. The van der Waals surface area contributed by atoms with E-state index in [1.165, 1.54) is 7.11 Å². The summed E-state index contributed by atoms with van der Waals surface area (Å²) in [7, 11) is 1.46. The molecule has 1 rings (SSSR count). The summed E-state index contributed by atoms with van der Waals surface area (Å²) in [6.45, 7) is 5.66. The molecule has 0 amide bonds. The number of ether oxygens (including phenoxy) is 1. The van der Waals surface area contributed by atoms with Crippen molar-refractivity contribution in [3.63, 3.8) is 0 Å². The van der Waals surface area contributed by atoms with E-state index in [1.54, 1.807) is 19.1 Å². The fourth-order valence-electron chi connectivity index (χ4n) is 1.86. The molecule has 4 nitrogen and oxygen atoms in total. The highest BCUT2D eigenvalue weighted by Gasteiger charge is 2.38. The normalized spacial score (nSPS) is 14.3. The lowest BCUT2D eigenvalue weighted by molar-refractivity contribution is -0.160. The predicted octanol–water partition coefficient (Wildman–Crippen LogP) is 2.50. The number of hydrogen-bond acceptors (Lipinski definition) is 3. The van der Waals surface area contributed by atoms with E-state index in [9.17, 15) is 15.0 Å². The van der Waals surface area contributed by atoms with Gasteiger partial charge in [-0.2, -0.15) is 0 Å². The first kappa shape index (κ1) is 14.5. The summed E-state index contributed by atoms with van der Waals surface area (Å²) in [6.07, 6.45) is 0.0836. The van der Waals surface area contributed by atoms with Crippen LogP contribution < -0.4 is 4.74 Å². The fourth-order valence-corrected chi connectivity index (χ4v) is 1.86. The maximum atomic E-state index is 11.3. The minimum atomic E-state index is -1.91. The second kappa shape index (κ2) is 5.40. The molecule has 0 aliphatic heterocycles. The third-order valence-electron chi connectivity index (χ3n) is 3.20. The molecular weight excluding hydrogens is 232 g/mol. The van der Waals surface area contributed by atoms with E-state index >= 15 is 0 Å². The van der Waals surface area contributed by atoms with Crippen LogP contribution >= 0.6 is 0 Å². The van der Waals surface area contributed by atoms with Gasteiger partial charge in [-0.25, -0.2) is 4.79 Å². The molecule has 0 aromatic heterocycles. The summed E-state index contributed by atoms with van der Waals surface area (Å²) in [5.41, 5.74) is -0.624. The van der Waals surface area contributed by atoms with Gasteiger partial charge in [-0.3, -0.25) is 0 Å². The smallest absolute Gasteiger partial charge is 0.340 e. The Balaban J connectivity index is 3.44. The number of methoxy groups -OCH3 is 1. The monoisotopic (exact) mass is 252 g/mol. The third kappa shape index (κ3) is 2.48. The van der Waals surface area contributed by atoms with Crippen LogP contribution in [0, 0.1) is 0 Å². The van der Waals surface area contributed by atoms with Crippen molar-refractivity contribution >= 4 is 5.97 Å². The van der Waals surface area contributed by atoms with Gasteiger partial charge in [0.25, 0.3) is 0 Å². The summed E-state index contributed by atoms with van der Waals surface area (Å²) in [6, 6.07) is 5.29. The van der Waals surface area contributed by atoms with Crippen LogP contribution in [0.3, 0.4) is 0 Å². The van der Waals surface area contributed by atoms with E-state index in [4.69, 9.17) is 4.74 Å². The number of carboxylic acids is 1. The first-order chi connectivity index (χ1) is 8.36. The number of hydrogen-bond donors (Lipinski definition) is 2. The third-order valence-corrected chi connectivity index (χ3v) is 3.20. The van der Waals surface area contributed by atoms with Crippen molar-refractivity contribution in [1.29, 1.82) is 0 Å². The van der Waals surface area contributed by atoms with Crippen LogP contribution in [0.2, 0.25) is 0 Å². The van der Waals surface area contributed by atoms with Gasteiger partial charge >= 0.3 is 5.97 Å². The minimum absolute atomic E-state index is 0.0836. The van der Waals surface area contributed by atoms with Gasteiger partial charge in [0.15, 0.2) is 5.60 Å². The van der Waals surface area contributed by atoms with E-state index < -0.39 is 11.6 Å². The largest absolute Gasteiger partial charge is 0.496 e. The molecule has 1 unspecified atom stereocenters. The molecule has 100 valence electrons. The van der Waals surface area contributed by atoms with Gasteiger partial charge in [0, 0.05) is 5.56 Å². The average molecular weight is 252 g/mol. The summed E-state index contributed by atoms with van der Waals surface area (Å²) in [5.74, 6) is -0.611. The van der Waals surface area contributed by atoms with Crippen molar-refractivity contribution in [1.82, 2.24) is 0 Å². The highest BCUT2D eigenvalue weighted by Crippen LogP contribution is 2.35. The van der Waals surface area contributed by atoms with Crippen LogP contribution in [0.5, 0.6) is 5.75 Å². The van der Waals surface area contributed by atoms with E-state index in [0.717, 1.165) is 5.56 Å². The van der Waals surface area contributed by atoms with Crippen molar-refractivity contribution in [2.45, 2.75) is 38.7 Å². The SMILES string of the molecule is CCC(O)(C(=O)O)c1cc(C(C)C)ccc1OC. The summed E-state index contributed by atoms with van der Waals surface area (Å²) >= 11 is 0. The van der Waals surface area contributed by atoms with Gasteiger partial charge in [-0.15, -0.1) is 0 Å². The Morgan fingerprint density at radius 3 is 2.44 bits per heavy atom. The quantitative estimate of drug-likeness (QED) is 0.845. The first-order valence-electron chi connectivity index (χ1n) is 6.01. The molecule has 2 N–H and O–H groups in total. The van der Waals surface area contributed by atoms with Crippen LogP contribution in [0.4, 0.5) is 0 Å². The van der Waals surface area contributed by atoms with Crippen LogP contribution in [-0.4, -0.2) is 23.3 Å². The van der Waals surface area contributed by atoms with Crippen molar-refractivity contribution in [3.05, 3.63) is 29.3 Å². The van der Waals surface area contributed by atoms with E-state index in [1.807, 2.05) is 19.9 Å². The number of aliphatic hydroxyl groups is 1. The average Bonchev–Trinajstić information content (AvgIpc) is 2.36. The molecule has 0 heterocycles. The molecule has 0 spiro atoms. The Morgan fingerprint density at radius 1 is 1.44 bits per heavy atom. The molecule has 0 radical (unpaired) electrons. The minimum Gasteiger partial charge on any atom is -0.496 e. The Bertz CT molecular complexity index is 439. The van der Waals surface area contributed by atoms with Crippen LogP contribution in [-0.2, 0) is 10.4 Å². The van der Waals surface area contributed by atoms with Gasteiger partial charge in [-0.05, 0) is 30.0 Å². The molecule has 0 aliphatic rings. The van der Waals surface area contributed by atoms with Gasteiger partial charge in [-0.1, -0.05) is 26.8 Å². The molecule has 0 saturated heterocycles. The van der Waals surface area contributed by atoms with E-state index in [-0.39, 0.29) is 12.3 Å². The van der Waals surface area contributed by atoms with Crippen molar-refractivity contribution in [3.8, 4) is 5.75 Å². The number of carbonyl (C=O) groups is 1. The zero-order valence-corrected chi connectivity index (χ0v) is 11.2. The Morgan fingerprint density at radius 2 is 2.06 bits per heavy atom. The van der Waals surface area contributed by atoms with Crippen LogP contribution in [0.15, 0.2) is 18.2 Å². The van der Waals surface area contributed by atoms with Gasteiger partial charge in [0.2, 0.25) is 0 Å². The molecule has 1 aromatic carbocycles. The molecule has 0 aliphatic carbocycles. The Hall–Kier alpha value is -1.55. The zero-order valence-electron chi connectivity index (χ0n) is 11.2. The summed E-state index contributed by atoms with van der Waals surface area (Å²) in [4.78, 5) is 11.3. The molecule has 18 heavy (non-hydrogen) atoms. The molecule has 1 aromatic rings. The maximum Gasteiger partial charge on any atom is 0.340 e. The lowest BCUT2D eigenvalue weighted by atomic mass is 9.87. The van der Waals surface area contributed by atoms with E-state index in [0.29, 0.717) is 11.3 Å². The van der Waals surface area contributed by atoms with Gasteiger partial charge in [0.05, 0.1) is 7.11 Å². The molecule has 0 bridgehead atoms. The topological polar surface area (TPSA) is 66.8 Å². The van der Waals surface area contributed by atoms with Gasteiger partial charge < -0.3 is 14.9 Å². The van der Waals surface area contributed by atoms with Gasteiger partial charge in [0.1, 0.15) is 5.75 Å². The molecular formula is C14H20O4. The molecule has 1 atom stereocenters. The lowest BCUT2D eigenvalue weighted by Crippen LogP contribution is -2.35.